The number of likely N-dealkylation sites (N-methyl/N-ethyl adjacent to an activating group) is 1. The molecule has 0 spiro atoms. The molecule has 3 heteroatoms. The molecule has 16 heavy (non-hydrogen) atoms. The Morgan fingerprint density at radius 1 is 1.31 bits per heavy atom. The van der Waals surface area contributed by atoms with Crippen LogP contribution in [0, 0.1) is 0 Å². The summed E-state index contributed by atoms with van der Waals surface area (Å²) in [5.74, 6) is 0.908. The first kappa shape index (κ1) is 13.0. The molecular formula is C13H22N2O. The molecule has 0 aliphatic heterocycles. The van der Waals surface area contributed by atoms with Crippen LogP contribution in [-0.2, 0) is 0 Å². The second kappa shape index (κ2) is 5.87. The summed E-state index contributed by atoms with van der Waals surface area (Å²) >= 11 is 0. The molecule has 0 aliphatic rings. The van der Waals surface area contributed by atoms with Gasteiger partial charge in [0.05, 0.1) is 13.2 Å². The minimum Gasteiger partial charge on any atom is -0.496 e. The third-order valence-corrected chi connectivity index (χ3v) is 2.89. The van der Waals surface area contributed by atoms with Crippen molar-refractivity contribution in [3.8, 4) is 5.75 Å². The number of nitrogens with zero attached hydrogens (tertiary/aromatic N) is 1. The average molecular weight is 222 g/mol. The van der Waals surface area contributed by atoms with Crippen LogP contribution in [0.2, 0.25) is 0 Å². The van der Waals surface area contributed by atoms with E-state index in [1.807, 2.05) is 32.3 Å². The van der Waals surface area contributed by atoms with Crippen LogP contribution in [0.4, 0.5) is 0 Å². The number of hydrogen-bond donors (Lipinski definition) is 1. The molecule has 0 amide bonds. The first-order valence-electron chi connectivity index (χ1n) is 5.66. The van der Waals surface area contributed by atoms with Crippen molar-refractivity contribution in [1.29, 1.82) is 0 Å². The van der Waals surface area contributed by atoms with Crippen molar-refractivity contribution >= 4 is 0 Å². The van der Waals surface area contributed by atoms with Gasteiger partial charge < -0.3 is 15.4 Å². The fourth-order valence-corrected chi connectivity index (χ4v) is 2.03. The maximum atomic E-state index is 6.18. The first-order chi connectivity index (χ1) is 7.61. The van der Waals surface area contributed by atoms with E-state index < -0.39 is 0 Å². The topological polar surface area (TPSA) is 38.5 Å². The van der Waals surface area contributed by atoms with Gasteiger partial charge in [0.25, 0.3) is 0 Å². The van der Waals surface area contributed by atoms with E-state index in [1.165, 1.54) is 0 Å². The molecule has 90 valence electrons. The Morgan fingerprint density at radius 2 is 1.94 bits per heavy atom. The number of nitrogens with two attached hydrogens (primary N) is 1. The molecule has 0 saturated heterocycles. The molecule has 0 aliphatic carbocycles. The van der Waals surface area contributed by atoms with Crippen LogP contribution >= 0.6 is 0 Å². The highest BCUT2D eigenvalue weighted by Crippen LogP contribution is 2.30. The van der Waals surface area contributed by atoms with Crippen molar-refractivity contribution in [3.63, 3.8) is 0 Å². The van der Waals surface area contributed by atoms with Gasteiger partial charge in [-0.2, -0.15) is 0 Å². The Labute approximate surface area is 98.2 Å². The minimum absolute atomic E-state index is 0.117. The van der Waals surface area contributed by atoms with Crippen LogP contribution in [0.3, 0.4) is 0 Å². The quantitative estimate of drug-likeness (QED) is 0.828. The molecule has 0 heterocycles. The van der Waals surface area contributed by atoms with Crippen LogP contribution in [-0.4, -0.2) is 32.1 Å². The van der Waals surface area contributed by atoms with Crippen LogP contribution in [0.15, 0.2) is 24.3 Å². The predicted molar refractivity (Wildman–Crippen MR) is 67.7 cm³/mol. The number of methoxy groups -OCH3 is 1. The van der Waals surface area contributed by atoms with Gasteiger partial charge in [-0.1, -0.05) is 25.1 Å². The number of hydrogen-bond acceptors (Lipinski definition) is 3. The van der Waals surface area contributed by atoms with E-state index in [-0.39, 0.29) is 12.1 Å². The lowest BCUT2D eigenvalue weighted by Gasteiger charge is -2.30. The predicted octanol–water partition coefficient (Wildman–Crippen LogP) is 2.04. The summed E-state index contributed by atoms with van der Waals surface area (Å²) in [7, 11) is 5.79. The molecule has 0 radical (unpaired) electrons. The molecule has 2 unspecified atom stereocenters. The summed E-state index contributed by atoms with van der Waals surface area (Å²) in [6.45, 7) is 2.11. The van der Waals surface area contributed by atoms with Gasteiger partial charge in [0.1, 0.15) is 5.75 Å². The van der Waals surface area contributed by atoms with Crippen LogP contribution in [0.25, 0.3) is 0 Å². The van der Waals surface area contributed by atoms with Gasteiger partial charge in [-0.3, -0.25) is 0 Å². The van der Waals surface area contributed by atoms with Crippen molar-refractivity contribution in [3.05, 3.63) is 29.8 Å². The molecule has 1 rings (SSSR count). The van der Waals surface area contributed by atoms with Gasteiger partial charge in [-0.05, 0) is 26.6 Å². The van der Waals surface area contributed by atoms with Crippen molar-refractivity contribution < 1.29 is 4.74 Å². The zero-order valence-corrected chi connectivity index (χ0v) is 10.6. The van der Waals surface area contributed by atoms with Crippen molar-refractivity contribution in [2.75, 3.05) is 21.2 Å². The minimum atomic E-state index is 0.117. The highest BCUT2D eigenvalue weighted by Gasteiger charge is 2.23. The molecule has 3 nitrogen and oxygen atoms in total. The first-order valence-corrected chi connectivity index (χ1v) is 5.66. The third kappa shape index (κ3) is 2.74. The van der Waals surface area contributed by atoms with E-state index in [0.717, 1.165) is 17.7 Å². The molecular weight excluding hydrogens is 200 g/mol. The van der Waals surface area contributed by atoms with E-state index in [4.69, 9.17) is 10.5 Å². The third-order valence-electron chi connectivity index (χ3n) is 2.89. The Balaban J connectivity index is 3.10. The molecule has 2 atom stereocenters. The molecule has 1 aromatic rings. The van der Waals surface area contributed by atoms with Gasteiger partial charge in [0.15, 0.2) is 0 Å². The summed E-state index contributed by atoms with van der Waals surface area (Å²) in [5, 5.41) is 0. The van der Waals surface area contributed by atoms with Gasteiger partial charge >= 0.3 is 0 Å². The number of benzene rings is 1. The van der Waals surface area contributed by atoms with Crippen LogP contribution in [0.1, 0.15) is 24.9 Å². The number of rotatable bonds is 5. The zero-order valence-electron chi connectivity index (χ0n) is 10.6. The van der Waals surface area contributed by atoms with E-state index in [2.05, 4.69) is 17.9 Å². The maximum absolute atomic E-state index is 6.18. The fourth-order valence-electron chi connectivity index (χ4n) is 2.03. The van der Waals surface area contributed by atoms with Crippen LogP contribution in [0.5, 0.6) is 5.75 Å². The Bertz CT molecular complexity index is 325. The summed E-state index contributed by atoms with van der Waals surface area (Å²) in [4.78, 5) is 2.14. The van der Waals surface area contributed by atoms with Gasteiger partial charge in [-0.15, -0.1) is 0 Å². The zero-order chi connectivity index (χ0) is 12.1. The average Bonchev–Trinajstić information content (AvgIpc) is 2.29. The smallest absolute Gasteiger partial charge is 0.123 e. The fraction of sp³-hybridized carbons (Fsp3) is 0.538. The lowest BCUT2D eigenvalue weighted by molar-refractivity contribution is 0.246. The second-order valence-electron chi connectivity index (χ2n) is 4.22. The monoisotopic (exact) mass is 222 g/mol. The molecule has 0 saturated carbocycles. The van der Waals surface area contributed by atoms with Gasteiger partial charge in [-0.25, -0.2) is 0 Å². The van der Waals surface area contributed by atoms with E-state index in [9.17, 15) is 0 Å². The second-order valence-corrected chi connectivity index (χ2v) is 4.22. The summed E-state index contributed by atoms with van der Waals surface area (Å²) in [6, 6.07) is 8.38. The van der Waals surface area contributed by atoms with Crippen LogP contribution < -0.4 is 10.5 Å². The van der Waals surface area contributed by atoms with E-state index in [1.54, 1.807) is 7.11 Å². The standard InChI is InChI=1S/C13H22N2O/c1-5-11(14)13(15(2)3)10-8-6-7-9-12(10)16-4/h6-9,11,13H,5,14H2,1-4H3. The lowest BCUT2D eigenvalue weighted by Crippen LogP contribution is -2.37. The summed E-state index contributed by atoms with van der Waals surface area (Å²) < 4.78 is 5.39. The Hall–Kier alpha value is -1.06. The Kier molecular flexibility index (Phi) is 4.77. The SMILES string of the molecule is CCC(N)C(c1ccccc1OC)N(C)C. The molecule has 1 aromatic carbocycles. The Morgan fingerprint density at radius 3 is 2.44 bits per heavy atom. The lowest BCUT2D eigenvalue weighted by atomic mass is 9.96. The van der Waals surface area contributed by atoms with Crippen molar-refractivity contribution in [2.24, 2.45) is 5.73 Å². The van der Waals surface area contributed by atoms with Crippen molar-refractivity contribution in [2.45, 2.75) is 25.4 Å². The molecule has 0 fully saturated rings. The van der Waals surface area contributed by atoms with Crippen molar-refractivity contribution in [1.82, 2.24) is 4.90 Å². The van der Waals surface area contributed by atoms with Gasteiger partial charge in [0, 0.05) is 11.6 Å². The normalized spacial score (nSPS) is 14.9. The van der Waals surface area contributed by atoms with E-state index in [0.29, 0.717) is 0 Å². The highest BCUT2D eigenvalue weighted by molar-refractivity contribution is 5.36. The number of para-hydroxylation sites is 1. The number of ether oxygens (including phenoxy) is 1. The largest absolute Gasteiger partial charge is 0.496 e. The van der Waals surface area contributed by atoms with E-state index >= 15 is 0 Å². The highest BCUT2D eigenvalue weighted by atomic mass is 16.5. The molecule has 0 aromatic heterocycles. The van der Waals surface area contributed by atoms with Gasteiger partial charge in [0.2, 0.25) is 0 Å². The maximum Gasteiger partial charge on any atom is 0.123 e. The summed E-state index contributed by atoms with van der Waals surface area (Å²) in [6.07, 6.45) is 0.945. The molecule has 0 bridgehead atoms. The molecule has 2 N–H and O–H groups in total. The summed E-state index contributed by atoms with van der Waals surface area (Å²) in [5.41, 5.74) is 7.33.